The number of methoxy groups -OCH3 is 1. The molecule has 0 aromatic heterocycles. The molecule has 5 heteroatoms. The summed E-state index contributed by atoms with van der Waals surface area (Å²) in [6, 6.07) is 8.35. The standard InChI is InChI=1S/C18H24N2O3/c1-13-11-15-5-3-4-6-16(15)20(13)17(21)12-19-9-7-14(8-10-19)18(22)23-2/h3-6,13-14H,7-12H2,1-2H3/t13-/m1/s1. The molecule has 1 saturated heterocycles. The predicted molar refractivity (Wildman–Crippen MR) is 88.3 cm³/mol. The van der Waals surface area contributed by atoms with E-state index in [4.69, 9.17) is 4.74 Å². The first-order valence-electron chi connectivity index (χ1n) is 8.30. The molecule has 23 heavy (non-hydrogen) atoms. The van der Waals surface area contributed by atoms with Gasteiger partial charge in [-0.25, -0.2) is 0 Å². The molecule has 0 spiro atoms. The highest BCUT2D eigenvalue weighted by molar-refractivity contribution is 5.97. The van der Waals surface area contributed by atoms with Crippen molar-refractivity contribution in [1.82, 2.24) is 4.90 Å². The zero-order valence-corrected chi connectivity index (χ0v) is 13.8. The molecule has 3 rings (SSSR count). The molecule has 1 fully saturated rings. The number of anilines is 1. The number of piperidine rings is 1. The van der Waals surface area contributed by atoms with Gasteiger partial charge in [0.05, 0.1) is 19.6 Å². The highest BCUT2D eigenvalue weighted by atomic mass is 16.5. The molecule has 1 aromatic rings. The quantitative estimate of drug-likeness (QED) is 0.799. The van der Waals surface area contributed by atoms with Gasteiger partial charge in [0.1, 0.15) is 0 Å². The average Bonchev–Trinajstić information content (AvgIpc) is 2.90. The lowest BCUT2D eigenvalue weighted by molar-refractivity contribution is -0.147. The van der Waals surface area contributed by atoms with Gasteiger partial charge in [-0.05, 0) is 50.9 Å². The van der Waals surface area contributed by atoms with E-state index >= 15 is 0 Å². The molecule has 2 aliphatic heterocycles. The van der Waals surface area contributed by atoms with E-state index in [1.54, 1.807) is 0 Å². The van der Waals surface area contributed by atoms with Crippen molar-refractivity contribution in [3.8, 4) is 0 Å². The SMILES string of the molecule is COC(=O)C1CCN(CC(=O)N2c3ccccc3C[C@H]2C)CC1. The van der Waals surface area contributed by atoms with Crippen molar-refractivity contribution in [3.05, 3.63) is 29.8 Å². The van der Waals surface area contributed by atoms with E-state index in [9.17, 15) is 9.59 Å². The van der Waals surface area contributed by atoms with Gasteiger partial charge in [-0.3, -0.25) is 14.5 Å². The van der Waals surface area contributed by atoms with Crippen LogP contribution < -0.4 is 4.90 Å². The zero-order chi connectivity index (χ0) is 16.4. The second kappa shape index (κ2) is 6.71. The second-order valence-corrected chi connectivity index (χ2v) is 6.52. The maximum atomic E-state index is 12.8. The summed E-state index contributed by atoms with van der Waals surface area (Å²) in [5.41, 5.74) is 2.30. The zero-order valence-electron chi connectivity index (χ0n) is 13.8. The molecule has 1 aromatic carbocycles. The molecule has 0 saturated carbocycles. The van der Waals surface area contributed by atoms with Gasteiger partial charge in [-0.1, -0.05) is 18.2 Å². The summed E-state index contributed by atoms with van der Waals surface area (Å²) in [5, 5.41) is 0. The van der Waals surface area contributed by atoms with Crippen LogP contribution >= 0.6 is 0 Å². The van der Waals surface area contributed by atoms with E-state index in [1.807, 2.05) is 23.1 Å². The lowest BCUT2D eigenvalue weighted by atomic mass is 9.97. The summed E-state index contributed by atoms with van der Waals surface area (Å²) < 4.78 is 4.81. The minimum atomic E-state index is -0.127. The first-order valence-corrected chi connectivity index (χ1v) is 8.30. The molecule has 2 heterocycles. The summed E-state index contributed by atoms with van der Waals surface area (Å²) in [7, 11) is 1.43. The topological polar surface area (TPSA) is 49.9 Å². The summed E-state index contributed by atoms with van der Waals surface area (Å²) >= 11 is 0. The molecule has 5 nitrogen and oxygen atoms in total. The van der Waals surface area contributed by atoms with Gasteiger partial charge in [0.15, 0.2) is 0 Å². The third-order valence-electron chi connectivity index (χ3n) is 4.96. The third-order valence-corrected chi connectivity index (χ3v) is 4.96. The Bertz CT molecular complexity index is 594. The van der Waals surface area contributed by atoms with E-state index in [0.717, 1.165) is 38.0 Å². The fourth-order valence-electron chi connectivity index (χ4n) is 3.71. The van der Waals surface area contributed by atoms with Gasteiger partial charge in [-0.2, -0.15) is 0 Å². The summed E-state index contributed by atoms with van der Waals surface area (Å²) in [6.07, 6.45) is 2.46. The molecular weight excluding hydrogens is 292 g/mol. The second-order valence-electron chi connectivity index (χ2n) is 6.52. The minimum Gasteiger partial charge on any atom is -0.469 e. The van der Waals surface area contributed by atoms with Crippen LogP contribution in [0.15, 0.2) is 24.3 Å². The van der Waals surface area contributed by atoms with Crippen LogP contribution in [-0.2, 0) is 20.7 Å². The maximum absolute atomic E-state index is 12.8. The van der Waals surface area contributed by atoms with Crippen molar-refractivity contribution in [3.63, 3.8) is 0 Å². The molecule has 1 atom stereocenters. The van der Waals surface area contributed by atoms with E-state index in [0.29, 0.717) is 6.54 Å². The third kappa shape index (κ3) is 3.24. The van der Waals surface area contributed by atoms with Crippen LogP contribution in [-0.4, -0.2) is 49.6 Å². The minimum absolute atomic E-state index is 0.0159. The van der Waals surface area contributed by atoms with Crippen molar-refractivity contribution in [1.29, 1.82) is 0 Å². The Morgan fingerprint density at radius 3 is 2.61 bits per heavy atom. The molecule has 124 valence electrons. The van der Waals surface area contributed by atoms with Crippen LogP contribution in [0.4, 0.5) is 5.69 Å². The Morgan fingerprint density at radius 2 is 1.91 bits per heavy atom. The van der Waals surface area contributed by atoms with Gasteiger partial charge in [-0.15, -0.1) is 0 Å². The number of carbonyl (C=O) groups is 2. The van der Waals surface area contributed by atoms with E-state index in [-0.39, 0.29) is 23.8 Å². The first kappa shape index (κ1) is 16.0. The number of likely N-dealkylation sites (tertiary alicyclic amines) is 1. The van der Waals surface area contributed by atoms with Crippen LogP contribution in [0.2, 0.25) is 0 Å². The van der Waals surface area contributed by atoms with Crippen molar-refractivity contribution in [2.75, 3.05) is 31.6 Å². The largest absolute Gasteiger partial charge is 0.469 e. The summed E-state index contributed by atoms with van der Waals surface area (Å²) in [6.45, 7) is 4.07. The lowest BCUT2D eigenvalue weighted by Gasteiger charge is -2.32. The number of hydrogen-bond acceptors (Lipinski definition) is 4. The Balaban J connectivity index is 1.59. The predicted octanol–water partition coefficient (Wildman–Crippen LogP) is 1.85. The van der Waals surface area contributed by atoms with Gasteiger partial charge < -0.3 is 9.64 Å². The van der Waals surface area contributed by atoms with Crippen LogP contribution in [0, 0.1) is 5.92 Å². The number of benzene rings is 1. The van der Waals surface area contributed by atoms with Crippen molar-refractivity contribution >= 4 is 17.6 Å². The van der Waals surface area contributed by atoms with Crippen LogP contribution in [0.1, 0.15) is 25.3 Å². The number of amides is 1. The Labute approximate surface area is 137 Å². The lowest BCUT2D eigenvalue weighted by Crippen LogP contribution is -2.46. The first-order chi connectivity index (χ1) is 11.1. The van der Waals surface area contributed by atoms with E-state index in [1.165, 1.54) is 12.7 Å². The van der Waals surface area contributed by atoms with Crippen LogP contribution in [0.25, 0.3) is 0 Å². The van der Waals surface area contributed by atoms with E-state index in [2.05, 4.69) is 17.9 Å². The Morgan fingerprint density at radius 1 is 1.22 bits per heavy atom. The molecule has 0 aliphatic carbocycles. The number of hydrogen-bond donors (Lipinski definition) is 0. The monoisotopic (exact) mass is 316 g/mol. The number of ether oxygens (including phenoxy) is 1. The van der Waals surface area contributed by atoms with Gasteiger partial charge in [0.25, 0.3) is 0 Å². The number of carbonyl (C=O) groups excluding carboxylic acids is 2. The van der Waals surface area contributed by atoms with Crippen molar-refractivity contribution in [2.24, 2.45) is 5.92 Å². The van der Waals surface area contributed by atoms with Crippen molar-refractivity contribution in [2.45, 2.75) is 32.2 Å². The Hall–Kier alpha value is -1.88. The summed E-state index contributed by atoms with van der Waals surface area (Å²) in [5.74, 6) is 0.00910. The van der Waals surface area contributed by atoms with Gasteiger partial charge in [0, 0.05) is 11.7 Å². The Kier molecular flexibility index (Phi) is 4.66. The molecule has 0 unspecified atom stereocenters. The number of fused-ring (bicyclic) bond motifs is 1. The van der Waals surface area contributed by atoms with Crippen LogP contribution in [0.3, 0.4) is 0 Å². The number of nitrogens with zero attached hydrogens (tertiary/aromatic N) is 2. The highest BCUT2D eigenvalue weighted by Gasteiger charge is 2.32. The van der Waals surface area contributed by atoms with Gasteiger partial charge >= 0.3 is 5.97 Å². The molecule has 0 bridgehead atoms. The molecular formula is C18H24N2O3. The molecule has 1 amide bonds. The van der Waals surface area contributed by atoms with E-state index < -0.39 is 0 Å². The fourth-order valence-corrected chi connectivity index (χ4v) is 3.71. The fraction of sp³-hybridized carbons (Fsp3) is 0.556. The normalized spacial score (nSPS) is 22.0. The molecule has 0 N–H and O–H groups in total. The van der Waals surface area contributed by atoms with Crippen LogP contribution in [0.5, 0.6) is 0 Å². The average molecular weight is 316 g/mol. The number of para-hydroxylation sites is 1. The smallest absolute Gasteiger partial charge is 0.308 e. The van der Waals surface area contributed by atoms with Crippen molar-refractivity contribution < 1.29 is 14.3 Å². The molecule has 2 aliphatic rings. The molecule has 0 radical (unpaired) electrons. The number of rotatable bonds is 3. The highest BCUT2D eigenvalue weighted by Crippen LogP contribution is 2.32. The maximum Gasteiger partial charge on any atom is 0.308 e. The summed E-state index contributed by atoms with van der Waals surface area (Å²) in [4.78, 5) is 28.4. The van der Waals surface area contributed by atoms with Gasteiger partial charge in [0.2, 0.25) is 5.91 Å². The number of esters is 1.